The summed E-state index contributed by atoms with van der Waals surface area (Å²) in [6, 6.07) is 11.3. The molecule has 1 unspecified atom stereocenters. The van der Waals surface area contributed by atoms with Crippen LogP contribution in [0.15, 0.2) is 58.2 Å². The maximum atomic E-state index is 13.8. The summed E-state index contributed by atoms with van der Waals surface area (Å²) in [6.45, 7) is 7.41. The number of furan rings is 1. The summed E-state index contributed by atoms with van der Waals surface area (Å²) in [5, 5.41) is 11.6. The zero-order chi connectivity index (χ0) is 28.1. The van der Waals surface area contributed by atoms with E-state index in [1.165, 1.54) is 19.1 Å². The van der Waals surface area contributed by atoms with Crippen LogP contribution in [0, 0.1) is 5.92 Å². The molecule has 9 nitrogen and oxygen atoms in total. The molecule has 1 N–H and O–H groups in total. The van der Waals surface area contributed by atoms with Gasteiger partial charge in [0.05, 0.1) is 38.5 Å². The van der Waals surface area contributed by atoms with Crippen LogP contribution in [0.2, 0.25) is 0 Å². The first-order valence-corrected chi connectivity index (χ1v) is 13.0. The molecule has 0 saturated heterocycles. The van der Waals surface area contributed by atoms with Gasteiger partial charge in [0.1, 0.15) is 0 Å². The Morgan fingerprint density at radius 2 is 1.85 bits per heavy atom. The monoisotopic (exact) mass is 537 g/mol. The predicted octanol–water partition coefficient (Wildman–Crippen LogP) is 5.49. The van der Waals surface area contributed by atoms with Crippen LogP contribution in [0.3, 0.4) is 0 Å². The van der Waals surface area contributed by atoms with Crippen molar-refractivity contribution < 1.29 is 38.1 Å². The third-order valence-electron chi connectivity index (χ3n) is 6.57. The number of carbonyl (C=O) groups excluding carboxylic acids is 2. The molecular weight excluding hydrogens is 502 g/mol. The number of hydrogen-bond acceptors (Lipinski definition) is 8. The summed E-state index contributed by atoms with van der Waals surface area (Å²) >= 11 is 0. The zero-order valence-electron chi connectivity index (χ0n) is 23.0. The van der Waals surface area contributed by atoms with E-state index in [2.05, 4.69) is 13.8 Å². The van der Waals surface area contributed by atoms with Crippen molar-refractivity contribution in [2.45, 2.75) is 33.2 Å². The van der Waals surface area contributed by atoms with E-state index in [1.54, 1.807) is 42.5 Å². The van der Waals surface area contributed by atoms with E-state index in [4.69, 9.17) is 23.4 Å². The van der Waals surface area contributed by atoms with Gasteiger partial charge in [-0.1, -0.05) is 32.0 Å². The Morgan fingerprint density at radius 3 is 2.54 bits per heavy atom. The van der Waals surface area contributed by atoms with Gasteiger partial charge in [0.25, 0.3) is 5.91 Å². The second-order valence-electron chi connectivity index (χ2n) is 9.64. The molecule has 0 radical (unpaired) electrons. The van der Waals surface area contributed by atoms with Crippen molar-refractivity contribution in [3.8, 4) is 17.2 Å². The van der Waals surface area contributed by atoms with Crippen molar-refractivity contribution in [2.75, 3.05) is 40.6 Å². The van der Waals surface area contributed by atoms with Crippen molar-refractivity contribution in [3.05, 3.63) is 65.1 Å². The highest BCUT2D eigenvalue weighted by molar-refractivity contribution is 6.16. The van der Waals surface area contributed by atoms with E-state index in [1.807, 2.05) is 6.92 Å². The average Bonchev–Trinajstić information content (AvgIpc) is 3.47. The molecule has 1 aliphatic rings. The van der Waals surface area contributed by atoms with E-state index in [0.29, 0.717) is 52.9 Å². The minimum absolute atomic E-state index is 0.0129. The fraction of sp³-hybridized carbons (Fsp3) is 0.400. The van der Waals surface area contributed by atoms with Gasteiger partial charge in [0, 0.05) is 19.0 Å². The lowest BCUT2D eigenvalue weighted by atomic mass is 9.94. The van der Waals surface area contributed by atoms with E-state index in [0.717, 1.165) is 6.42 Å². The molecule has 1 aliphatic heterocycles. The number of amides is 1. The van der Waals surface area contributed by atoms with Crippen molar-refractivity contribution in [1.29, 1.82) is 0 Å². The number of methoxy groups -OCH3 is 2. The topological polar surface area (TPSA) is 108 Å². The normalized spacial score (nSPS) is 15.5. The van der Waals surface area contributed by atoms with Crippen LogP contribution < -0.4 is 14.2 Å². The molecule has 3 aromatic rings. The highest BCUT2D eigenvalue weighted by Gasteiger charge is 2.44. The quantitative estimate of drug-likeness (QED) is 0.285. The molecule has 9 heteroatoms. The number of rotatable bonds is 13. The summed E-state index contributed by atoms with van der Waals surface area (Å²) in [4.78, 5) is 28.5. The number of fused-ring (bicyclic) bond motifs is 1. The molecule has 0 spiro atoms. The maximum Gasteiger partial charge on any atom is 0.290 e. The SMILES string of the molecule is CCOc1cc(C2C(C(=O)c3cc4cccc(OC)c4o3)=C(O)C(=O)N2CCOC)ccc1OCCC(C)C. The molecule has 2 heterocycles. The predicted molar refractivity (Wildman–Crippen MR) is 146 cm³/mol. The number of ether oxygens (including phenoxy) is 4. The molecule has 208 valence electrons. The van der Waals surface area contributed by atoms with E-state index >= 15 is 0 Å². The van der Waals surface area contributed by atoms with Gasteiger partial charge in [-0.2, -0.15) is 0 Å². The van der Waals surface area contributed by atoms with Crippen LogP contribution >= 0.6 is 0 Å². The summed E-state index contributed by atoms with van der Waals surface area (Å²) in [5.41, 5.74) is 0.910. The fourth-order valence-electron chi connectivity index (χ4n) is 4.58. The Hall–Kier alpha value is -3.98. The van der Waals surface area contributed by atoms with Crippen LogP contribution in [0.1, 0.15) is 49.4 Å². The molecule has 2 aromatic carbocycles. The van der Waals surface area contributed by atoms with Gasteiger partial charge in [0.15, 0.2) is 34.4 Å². The molecule has 0 fully saturated rings. The van der Waals surface area contributed by atoms with Gasteiger partial charge in [-0.3, -0.25) is 9.59 Å². The third kappa shape index (κ3) is 5.73. The standard InChI is InChI=1S/C30H35NO8/c1-6-37-23-16-19(10-11-21(23)38-14-12-18(2)3)26-25(28(33)30(34)31(26)13-15-35-4)27(32)24-17-20-8-7-9-22(36-5)29(20)39-24/h7-11,16-18,26,33H,6,12-15H2,1-5H3. The Labute approximate surface area is 227 Å². The van der Waals surface area contributed by atoms with Crippen LogP contribution in [0.4, 0.5) is 0 Å². The van der Waals surface area contributed by atoms with Crippen molar-refractivity contribution in [1.82, 2.24) is 4.90 Å². The number of aliphatic hydroxyl groups excluding tert-OH is 1. The van der Waals surface area contributed by atoms with E-state index in [9.17, 15) is 14.7 Å². The van der Waals surface area contributed by atoms with Crippen molar-refractivity contribution >= 4 is 22.7 Å². The number of ketones is 1. The third-order valence-corrected chi connectivity index (χ3v) is 6.57. The highest BCUT2D eigenvalue weighted by atomic mass is 16.5. The second-order valence-corrected chi connectivity index (χ2v) is 9.64. The largest absolute Gasteiger partial charge is 0.503 e. The molecule has 1 amide bonds. The Balaban J connectivity index is 1.76. The number of Topliss-reactive ketones (excluding diaryl/α,β-unsaturated/α-hetero) is 1. The molecule has 4 rings (SSSR count). The summed E-state index contributed by atoms with van der Waals surface area (Å²) < 4.78 is 28.3. The number of benzene rings is 2. The van der Waals surface area contributed by atoms with Crippen LogP contribution in [0.25, 0.3) is 11.0 Å². The van der Waals surface area contributed by atoms with Crippen molar-refractivity contribution in [2.24, 2.45) is 5.92 Å². The summed E-state index contributed by atoms with van der Waals surface area (Å²) in [5.74, 6) is 0.121. The lowest BCUT2D eigenvalue weighted by molar-refractivity contribution is -0.130. The van der Waals surface area contributed by atoms with Crippen LogP contribution in [-0.2, 0) is 9.53 Å². The van der Waals surface area contributed by atoms with Gasteiger partial charge >= 0.3 is 0 Å². The first kappa shape index (κ1) is 28.0. The molecule has 1 aromatic heterocycles. The average molecular weight is 538 g/mol. The molecule has 0 saturated carbocycles. The first-order chi connectivity index (χ1) is 18.8. The van der Waals surface area contributed by atoms with E-state index in [-0.39, 0.29) is 24.5 Å². The number of nitrogens with zero attached hydrogens (tertiary/aromatic N) is 1. The Bertz CT molecular complexity index is 1370. The zero-order valence-corrected chi connectivity index (χ0v) is 23.0. The van der Waals surface area contributed by atoms with Crippen LogP contribution in [0.5, 0.6) is 17.2 Å². The Morgan fingerprint density at radius 1 is 1.05 bits per heavy atom. The van der Waals surface area contributed by atoms with Gasteiger partial charge in [-0.05, 0) is 49.1 Å². The number of para-hydroxylation sites is 1. The Kier molecular flexibility index (Phi) is 8.81. The summed E-state index contributed by atoms with van der Waals surface area (Å²) in [7, 11) is 3.03. The van der Waals surface area contributed by atoms with Gasteiger partial charge in [-0.25, -0.2) is 0 Å². The minimum Gasteiger partial charge on any atom is -0.503 e. The summed E-state index contributed by atoms with van der Waals surface area (Å²) in [6.07, 6.45) is 0.882. The highest BCUT2D eigenvalue weighted by Crippen LogP contribution is 2.42. The van der Waals surface area contributed by atoms with Gasteiger partial charge < -0.3 is 33.4 Å². The molecule has 0 aliphatic carbocycles. The van der Waals surface area contributed by atoms with Gasteiger partial charge in [0.2, 0.25) is 5.78 Å². The molecular formula is C30H35NO8. The van der Waals surface area contributed by atoms with E-state index < -0.39 is 23.5 Å². The number of carbonyl (C=O) groups is 2. The smallest absolute Gasteiger partial charge is 0.290 e. The number of aliphatic hydroxyl groups is 1. The first-order valence-electron chi connectivity index (χ1n) is 13.0. The maximum absolute atomic E-state index is 13.8. The van der Waals surface area contributed by atoms with Crippen LogP contribution in [-0.4, -0.2) is 62.3 Å². The lowest BCUT2D eigenvalue weighted by Gasteiger charge is -2.27. The van der Waals surface area contributed by atoms with Gasteiger partial charge in [-0.15, -0.1) is 0 Å². The fourth-order valence-corrected chi connectivity index (χ4v) is 4.58. The molecule has 1 atom stereocenters. The molecule has 0 bridgehead atoms. The minimum atomic E-state index is -0.890. The van der Waals surface area contributed by atoms with Crippen molar-refractivity contribution in [3.63, 3.8) is 0 Å². The lowest BCUT2D eigenvalue weighted by Crippen LogP contribution is -2.34. The number of hydrogen-bond donors (Lipinski definition) is 1. The molecule has 39 heavy (non-hydrogen) atoms. The second kappa shape index (κ2) is 12.3.